The highest BCUT2D eigenvalue weighted by Gasteiger charge is 2.31. The van der Waals surface area contributed by atoms with Gasteiger partial charge >= 0.3 is 0 Å². The standard InChI is InChI=1S/C14H22O3Si/c1-13(2,3)11-7-9-12(10-8-11)18-14(15-4,16-5)17-6/h7-10H,1-6H3. The molecule has 0 bridgehead atoms. The Bertz CT molecular complexity index is 355. The van der Waals surface area contributed by atoms with E-state index in [1.807, 2.05) is 0 Å². The first kappa shape index (κ1) is 15.4. The molecule has 3 nitrogen and oxygen atoms in total. The first-order valence-corrected chi connectivity index (χ1v) is 6.91. The van der Waals surface area contributed by atoms with Crippen LogP contribution in [-0.4, -0.2) is 36.4 Å². The lowest BCUT2D eigenvalue weighted by atomic mass is 9.87. The predicted octanol–water partition coefficient (Wildman–Crippen LogP) is 1.86. The minimum atomic E-state index is -0.969. The van der Waals surface area contributed by atoms with E-state index < -0.39 is 5.60 Å². The van der Waals surface area contributed by atoms with Gasteiger partial charge in [-0.1, -0.05) is 50.2 Å². The Morgan fingerprint density at radius 1 is 0.833 bits per heavy atom. The Balaban J connectivity index is 2.86. The molecular weight excluding hydrogens is 244 g/mol. The van der Waals surface area contributed by atoms with Crippen LogP contribution >= 0.6 is 0 Å². The Kier molecular flexibility index (Phi) is 5.10. The lowest BCUT2D eigenvalue weighted by Gasteiger charge is -2.28. The van der Waals surface area contributed by atoms with Crippen LogP contribution in [0, 0.1) is 0 Å². The first-order chi connectivity index (χ1) is 8.37. The van der Waals surface area contributed by atoms with E-state index in [0.29, 0.717) is 0 Å². The Hall–Kier alpha value is -0.683. The van der Waals surface area contributed by atoms with Gasteiger partial charge in [0, 0.05) is 21.3 Å². The fourth-order valence-corrected chi connectivity index (χ4v) is 2.63. The van der Waals surface area contributed by atoms with Gasteiger partial charge in [0.25, 0.3) is 5.60 Å². The quantitative estimate of drug-likeness (QED) is 0.601. The molecule has 0 aliphatic carbocycles. The van der Waals surface area contributed by atoms with Gasteiger partial charge in [-0.3, -0.25) is 0 Å². The Morgan fingerprint density at radius 2 is 1.28 bits per heavy atom. The predicted molar refractivity (Wildman–Crippen MR) is 74.3 cm³/mol. The summed E-state index contributed by atoms with van der Waals surface area (Å²) < 4.78 is 15.9. The van der Waals surface area contributed by atoms with Crippen LogP contribution in [0.3, 0.4) is 0 Å². The van der Waals surface area contributed by atoms with Crippen LogP contribution in [0.5, 0.6) is 0 Å². The highest BCUT2D eigenvalue weighted by atomic mass is 28.2. The summed E-state index contributed by atoms with van der Waals surface area (Å²) >= 11 is 0. The maximum Gasteiger partial charge on any atom is 0.256 e. The molecule has 0 atom stereocenters. The van der Waals surface area contributed by atoms with Gasteiger partial charge in [0.1, 0.15) is 0 Å². The smallest absolute Gasteiger partial charge is 0.256 e. The van der Waals surface area contributed by atoms with Crippen molar-refractivity contribution in [3.05, 3.63) is 29.8 Å². The normalized spacial score (nSPS) is 12.8. The van der Waals surface area contributed by atoms with Crippen LogP contribution in [0.15, 0.2) is 24.3 Å². The summed E-state index contributed by atoms with van der Waals surface area (Å²) in [5.41, 5.74) is 0.514. The summed E-state index contributed by atoms with van der Waals surface area (Å²) in [7, 11) is 5.04. The number of benzene rings is 1. The van der Waals surface area contributed by atoms with Crippen molar-refractivity contribution in [2.24, 2.45) is 0 Å². The molecule has 0 saturated heterocycles. The van der Waals surface area contributed by atoms with E-state index in [9.17, 15) is 0 Å². The molecule has 0 saturated carbocycles. The van der Waals surface area contributed by atoms with Gasteiger partial charge in [0.05, 0.1) is 0 Å². The summed E-state index contributed by atoms with van der Waals surface area (Å²) in [6.07, 6.45) is 0. The summed E-state index contributed by atoms with van der Waals surface area (Å²) in [5.74, 6) is 0. The highest BCUT2D eigenvalue weighted by molar-refractivity contribution is 6.55. The second-order valence-corrected chi connectivity index (χ2v) is 6.56. The molecule has 1 aromatic carbocycles. The fourth-order valence-electron chi connectivity index (χ4n) is 1.63. The number of methoxy groups -OCH3 is 3. The summed E-state index contributed by atoms with van der Waals surface area (Å²) in [5, 5.41) is 1.15. The van der Waals surface area contributed by atoms with Gasteiger partial charge in [-0.15, -0.1) is 0 Å². The van der Waals surface area contributed by atoms with Crippen molar-refractivity contribution in [1.82, 2.24) is 0 Å². The fraction of sp³-hybridized carbons (Fsp3) is 0.571. The minimum absolute atomic E-state index is 0.169. The van der Waals surface area contributed by atoms with Gasteiger partial charge in [-0.2, -0.15) is 0 Å². The van der Waals surface area contributed by atoms with Crippen LogP contribution in [-0.2, 0) is 19.6 Å². The monoisotopic (exact) mass is 266 g/mol. The molecular formula is C14H22O3Si. The van der Waals surface area contributed by atoms with Crippen LogP contribution in [0.2, 0.25) is 0 Å². The number of rotatable bonds is 5. The van der Waals surface area contributed by atoms with Crippen molar-refractivity contribution in [2.45, 2.75) is 31.8 Å². The maximum absolute atomic E-state index is 5.31. The molecule has 0 heterocycles. The highest BCUT2D eigenvalue weighted by Crippen LogP contribution is 2.21. The minimum Gasteiger partial charge on any atom is -0.335 e. The third-order valence-corrected chi connectivity index (χ3v) is 4.40. The SMILES string of the molecule is COC(OC)(OC)[Si]c1ccc(C(C)(C)C)cc1. The van der Waals surface area contributed by atoms with E-state index in [1.54, 1.807) is 21.3 Å². The van der Waals surface area contributed by atoms with Crippen molar-refractivity contribution < 1.29 is 14.2 Å². The zero-order valence-electron chi connectivity index (χ0n) is 12.0. The van der Waals surface area contributed by atoms with E-state index in [4.69, 9.17) is 14.2 Å². The van der Waals surface area contributed by atoms with E-state index in [-0.39, 0.29) is 14.9 Å². The van der Waals surface area contributed by atoms with Crippen LogP contribution in [0.1, 0.15) is 26.3 Å². The van der Waals surface area contributed by atoms with Gasteiger partial charge < -0.3 is 14.2 Å². The molecule has 1 aromatic rings. The van der Waals surface area contributed by atoms with Gasteiger partial charge in [-0.05, 0) is 11.0 Å². The van der Waals surface area contributed by atoms with Crippen LogP contribution < -0.4 is 5.19 Å². The average molecular weight is 266 g/mol. The van der Waals surface area contributed by atoms with E-state index in [1.165, 1.54) is 5.56 Å². The summed E-state index contributed by atoms with van der Waals surface area (Å²) in [6.45, 7) is 6.61. The van der Waals surface area contributed by atoms with Gasteiger partial charge in [0.2, 0.25) is 9.52 Å². The molecule has 0 amide bonds. The van der Waals surface area contributed by atoms with Crippen molar-refractivity contribution in [2.75, 3.05) is 21.3 Å². The number of hydrogen-bond donors (Lipinski definition) is 0. The van der Waals surface area contributed by atoms with Crippen LogP contribution in [0.25, 0.3) is 0 Å². The zero-order chi connectivity index (χ0) is 13.8. The van der Waals surface area contributed by atoms with Crippen molar-refractivity contribution in [1.29, 1.82) is 0 Å². The Morgan fingerprint density at radius 3 is 1.61 bits per heavy atom. The lowest BCUT2D eigenvalue weighted by molar-refractivity contribution is -0.293. The molecule has 0 aromatic heterocycles. The number of ether oxygens (including phenoxy) is 3. The molecule has 0 aliphatic rings. The molecule has 0 N–H and O–H groups in total. The third kappa shape index (κ3) is 3.65. The summed E-state index contributed by atoms with van der Waals surface area (Å²) in [4.78, 5) is 0. The van der Waals surface area contributed by atoms with Crippen molar-refractivity contribution in [3.8, 4) is 0 Å². The lowest BCUT2D eigenvalue weighted by Crippen LogP contribution is -2.47. The maximum atomic E-state index is 5.31. The van der Waals surface area contributed by atoms with Gasteiger partial charge in [0.15, 0.2) is 0 Å². The molecule has 0 fully saturated rings. The second kappa shape index (κ2) is 5.97. The molecule has 2 radical (unpaired) electrons. The van der Waals surface area contributed by atoms with E-state index in [0.717, 1.165) is 5.19 Å². The van der Waals surface area contributed by atoms with E-state index in [2.05, 4.69) is 45.0 Å². The molecule has 18 heavy (non-hydrogen) atoms. The molecule has 100 valence electrons. The van der Waals surface area contributed by atoms with Crippen molar-refractivity contribution >= 4 is 14.7 Å². The largest absolute Gasteiger partial charge is 0.335 e. The van der Waals surface area contributed by atoms with Crippen molar-refractivity contribution in [3.63, 3.8) is 0 Å². The molecule has 0 aliphatic heterocycles. The molecule has 0 spiro atoms. The van der Waals surface area contributed by atoms with E-state index >= 15 is 0 Å². The Labute approximate surface area is 112 Å². The zero-order valence-corrected chi connectivity index (χ0v) is 13.0. The van der Waals surface area contributed by atoms with Gasteiger partial charge in [-0.25, -0.2) is 0 Å². The second-order valence-electron chi connectivity index (χ2n) is 5.12. The third-order valence-electron chi connectivity index (χ3n) is 2.85. The first-order valence-electron chi connectivity index (χ1n) is 5.91. The molecule has 4 heteroatoms. The molecule has 0 unspecified atom stereocenters. The summed E-state index contributed by atoms with van der Waals surface area (Å²) in [6, 6.07) is 8.50. The topological polar surface area (TPSA) is 27.7 Å². The number of hydrogen-bond acceptors (Lipinski definition) is 3. The average Bonchev–Trinajstić information content (AvgIpc) is 2.36. The van der Waals surface area contributed by atoms with Crippen LogP contribution in [0.4, 0.5) is 0 Å². The molecule has 1 rings (SSSR count).